The van der Waals surface area contributed by atoms with Crippen molar-refractivity contribution >= 4 is 11.9 Å². The molecule has 0 aromatic carbocycles. The van der Waals surface area contributed by atoms with Crippen molar-refractivity contribution in [3.63, 3.8) is 0 Å². The molecule has 0 heterocycles. The molecule has 0 spiro atoms. The van der Waals surface area contributed by atoms with E-state index in [1.165, 1.54) is 57.8 Å². The topological polar surface area (TPSA) is 52.6 Å². The number of esters is 2. The van der Waals surface area contributed by atoms with Gasteiger partial charge in [0.25, 0.3) is 0 Å². The standard InChI is InChI=1S/C32H62O4/c1-27(2)21-15-13-19-25-35-31(33)24-18-12-10-8-7-9-11-17-23-30(29(5)6)32(34)36-26-20-14-16-22-28(3)4/h27-30H,7-26H2,1-6H3. The van der Waals surface area contributed by atoms with Crippen molar-refractivity contribution in [3.05, 3.63) is 0 Å². The first-order chi connectivity index (χ1) is 17.2. The smallest absolute Gasteiger partial charge is 0.309 e. The number of carbonyl (C=O) groups is 2. The quantitative estimate of drug-likeness (QED) is 0.0906. The van der Waals surface area contributed by atoms with Crippen molar-refractivity contribution in [2.24, 2.45) is 23.7 Å². The van der Waals surface area contributed by atoms with Crippen LogP contribution in [0, 0.1) is 23.7 Å². The Morgan fingerprint density at radius 2 is 0.917 bits per heavy atom. The van der Waals surface area contributed by atoms with E-state index in [-0.39, 0.29) is 17.9 Å². The molecule has 0 amide bonds. The molecule has 1 atom stereocenters. The Morgan fingerprint density at radius 1 is 0.500 bits per heavy atom. The van der Waals surface area contributed by atoms with Crippen molar-refractivity contribution in [2.45, 2.75) is 157 Å². The summed E-state index contributed by atoms with van der Waals surface area (Å²) < 4.78 is 10.9. The van der Waals surface area contributed by atoms with Crippen LogP contribution in [0.3, 0.4) is 0 Å². The fourth-order valence-corrected chi connectivity index (χ4v) is 4.62. The Bertz CT molecular complexity index is 512. The van der Waals surface area contributed by atoms with Crippen molar-refractivity contribution in [1.29, 1.82) is 0 Å². The summed E-state index contributed by atoms with van der Waals surface area (Å²) in [7, 11) is 0. The molecule has 4 heteroatoms. The number of rotatable bonds is 25. The van der Waals surface area contributed by atoms with Crippen LogP contribution in [-0.4, -0.2) is 25.2 Å². The minimum Gasteiger partial charge on any atom is -0.466 e. The average molecular weight is 511 g/mol. The van der Waals surface area contributed by atoms with Crippen LogP contribution in [-0.2, 0) is 19.1 Å². The molecule has 0 fully saturated rings. The summed E-state index contributed by atoms with van der Waals surface area (Å²) in [5.74, 6) is 1.89. The van der Waals surface area contributed by atoms with Crippen molar-refractivity contribution in [3.8, 4) is 0 Å². The molecule has 0 aliphatic rings. The molecular formula is C32H62O4. The Balaban J connectivity index is 3.61. The third-order valence-electron chi connectivity index (χ3n) is 7.11. The second kappa shape index (κ2) is 24.3. The lowest BCUT2D eigenvalue weighted by molar-refractivity contribution is -0.150. The predicted octanol–water partition coefficient (Wildman–Crippen LogP) is 9.68. The van der Waals surface area contributed by atoms with Crippen molar-refractivity contribution < 1.29 is 19.1 Å². The normalized spacial score (nSPS) is 12.5. The number of carbonyl (C=O) groups excluding carboxylic acids is 2. The minimum atomic E-state index is -0.0248. The van der Waals surface area contributed by atoms with Crippen LogP contribution in [0.2, 0.25) is 0 Å². The fraction of sp³-hybridized carbons (Fsp3) is 0.938. The zero-order chi connectivity index (χ0) is 27.0. The van der Waals surface area contributed by atoms with E-state index in [0.29, 0.717) is 25.6 Å². The van der Waals surface area contributed by atoms with Gasteiger partial charge in [0.2, 0.25) is 0 Å². The van der Waals surface area contributed by atoms with Crippen LogP contribution in [0.1, 0.15) is 157 Å². The van der Waals surface area contributed by atoms with Crippen molar-refractivity contribution in [2.75, 3.05) is 13.2 Å². The second-order valence-corrected chi connectivity index (χ2v) is 12.1. The number of ether oxygens (including phenoxy) is 2. The third-order valence-corrected chi connectivity index (χ3v) is 7.11. The summed E-state index contributed by atoms with van der Waals surface area (Å²) in [6, 6.07) is 0. The second-order valence-electron chi connectivity index (χ2n) is 12.1. The largest absolute Gasteiger partial charge is 0.466 e. The van der Waals surface area contributed by atoms with E-state index in [0.717, 1.165) is 63.2 Å². The third kappa shape index (κ3) is 23.3. The highest BCUT2D eigenvalue weighted by molar-refractivity contribution is 5.72. The molecule has 0 aromatic heterocycles. The van der Waals surface area contributed by atoms with Gasteiger partial charge in [0, 0.05) is 6.42 Å². The van der Waals surface area contributed by atoms with Crippen LogP contribution in [0.5, 0.6) is 0 Å². The van der Waals surface area contributed by atoms with E-state index in [1.807, 2.05) is 0 Å². The van der Waals surface area contributed by atoms with Crippen LogP contribution in [0.15, 0.2) is 0 Å². The van der Waals surface area contributed by atoms with Gasteiger partial charge in [0.1, 0.15) is 0 Å². The van der Waals surface area contributed by atoms with E-state index in [2.05, 4.69) is 41.5 Å². The van der Waals surface area contributed by atoms with Crippen LogP contribution in [0.4, 0.5) is 0 Å². The molecule has 0 saturated heterocycles. The number of hydrogen-bond donors (Lipinski definition) is 0. The van der Waals surface area contributed by atoms with E-state index in [4.69, 9.17) is 9.47 Å². The molecular weight excluding hydrogens is 448 g/mol. The lowest BCUT2D eigenvalue weighted by atomic mass is 9.90. The molecule has 0 radical (unpaired) electrons. The average Bonchev–Trinajstić information content (AvgIpc) is 2.81. The first-order valence-electron chi connectivity index (χ1n) is 15.6. The molecule has 1 unspecified atom stereocenters. The molecule has 0 rings (SSSR count). The Labute approximate surface area is 225 Å². The van der Waals surface area contributed by atoms with Gasteiger partial charge in [0.05, 0.1) is 19.1 Å². The molecule has 0 N–H and O–H groups in total. The molecule has 0 saturated carbocycles. The Kier molecular flexibility index (Phi) is 23.6. The maximum Gasteiger partial charge on any atom is 0.309 e. The molecule has 0 aliphatic carbocycles. The summed E-state index contributed by atoms with van der Waals surface area (Å²) in [5, 5.41) is 0. The monoisotopic (exact) mass is 510 g/mol. The zero-order valence-corrected chi connectivity index (χ0v) is 25.1. The maximum absolute atomic E-state index is 12.5. The lowest BCUT2D eigenvalue weighted by Gasteiger charge is -2.19. The summed E-state index contributed by atoms with van der Waals surface area (Å²) in [5.41, 5.74) is 0. The zero-order valence-electron chi connectivity index (χ0n) is 25.1. The molecule has 4 nitrogen and oxygen atoms in total. The Hall–Kier alpha value is -1.06. The molecule has 36 heavy (non-hydrogen) atoms. The van der Waals surface area contributed by atoms with E-state index < -0.39 is 0 Å². The van der Waals surface area contributed by atoms with Crippen LogP contribution in [0.25, 0.3) is 0 Å². The first-order valence-corrected chi connectivity index (χ1v) is 15.6. The van der Waals surface area contributed by atoms with E-state index in [1.54, 1.807) is 0 Å². The van der Waals surface area contributed by atoms with Gasteiger partial charge >= 0.3 is 11.9 Å². The highest BCUT2D eigenvalue weighted by Crippen LogP contribution is 2.22. The van der Waals surface area contributed by atoms with Gasteiger partial charge in [-0.1, -0.05) is 125 Å². The van der Waals surface area contributed by atoms with Gasteiger partial charge in [-0.25, -0.2) is 0 Å². The highest BCUT2D eigenvalue weighted by atomic mass is 16.5. The summed E-state index contributed by atoms with van der Waals surface area (Å²) >= 11 is 0. The minimum absolute atomic E-state index is 0.0125. The predicted molar refractivity (Wildman–Crippen MR) is 153 cm³/mol. The Morgan fingerprint density at radius 3 is 1.42 bits per heavy atom. The summed E-state index contributed by atoms with van der Waals surface area (Å²) in [6.07, 6.45) is 20.1. The van der Waals surface area contributed by atoms with Gasteiger partial charge in [-0.2, -0.15) is 0 Å². The first kappa shape index (κ1) is 34.9. The van der Waals surface area contributed by atoms with Gasteiger partial charge in [-0.3, -0.25) is 9.59 Å². The van der Waals surface area contributed by atoms with Gasteiger partial charge in [0.15, 0.2) is 0 Å². The molecule has 0 aromatic rings. The van der Waals surface area contributed by atoms with Gasteiger partial charge in [-0.15, -0.1) is 0 Å². The van der Waals surface area contributed by atoms with Gasteiger partial charge in [-0.05, 0) is 43.4 Å². The van der Waals surface area contributed by atoms with Crippen LogP contribution >= 0.6 is 0 Å². The molecule has 0 aliphatic heterocycles. The van der Waals surface area contributed by atoms with E-state index >= 15 is 0 Å². The number of unbranched alkanes of at least 4 members (excludes halogenated alkanes) is 11. The maximum atomic E-state index is 12.5. The summed E-state index contributed by atoms with van der Waals surface area (Å²) in [6.45, 7) is 14.5. The molecule has 0 bridgehead atoms. The fourth-order valence-electron chi connectivity index (χ4n) is 4.62. The SMILES string of the molecule is CC(C)CCCCCOC(=O)CCCCCCCCCCC(C(=O)OCCCCCC(C)C)C(C)C. The lowest BCUT2D eigenvalue weighted by Crippen LogP contribution is -2.23. The highest BCUT2D eigenvalue weighted by Gasteiger charge is 2.23. The van der Waals surface area contributed by atoms with Crippen molar-refractivity contribution in [1.82, 2.24) is 0 Å². The summed E-state index contributed by atoms with van der Waals surface area (Å²) in [4.78, 5) is 24.3. The van der Waals surface area contributed by atoms with Crippen LogP contribution < -0.4 is 0 Å². The number of hydrogen-bond acceptors (Lipinski definition) is 4. The molecule has 214 valence electrons. The van der Waals surface area contributed by atoms with E-state index in [9.17, 15) is 9.59 Å². The van der Waals surface area contributed by atoms with Gasteiger partial charge < -0.3 is 9.47 Å².